The monoisotopic (exact) mass is 356 g/mol. The third kappa shape index (κ3) is 4.05. The van der Waals surface area contributed by atoms with Crippen LogP contribution in [-0.4, -0.2) is 21.5 Å². The number of ether oxygens (including phenoxy) is 1. The van der Waals surface area contributed by atoms with Gasteiger partial charge in [0.15, 0.2) is 0 Å². The number of nitrogens with zero attached hydrogens (tertiary/aromatic N) is 3. The van der Waals surface area contributed by atoms with Crippen molar-refractivity contribution in [2.24, 2.45) is 0 Å². The van der Waals surface area contributed by atoms with Gasteiger partial charge in [-0.25, -0.2) is 0 Å². The number of nitrogens with one attached hydrogen (secondary N) is 1. The molecule has 0 radical (unpaired) electrons. The first-order chi connectivity index (χ1) is 9.58. The van der Waals surface area contributed by atoms with E-state index >= 15 is 0 Å². The Kier molecular flexibility index (Phi) is 5.14. The molecular weight excluding hydrogens is 344 g/mol. The van der Waals surface area contributed by atoms with Crippen LogP contribution < -0.4 is 10.1 Å². The molecule has 0 amide bonds. The maximum Gasteiger partial charge on any atom is 0.328 e. The van der Waals surface area contributed by atoms with Gasteiger partial charge in [0.25, 0.3) is 0 Å². The van der Waals surface area contributed by atoms with Gasteiger partial charge in [-0.2, -0.15) is 15.0 Å². The maximum atomic E-state index is 5.86. The number of benzene rings is 1. The summed E-state index contributed by atoms with van der Waals surface area (Å²) >= 11 is 9.30. The van der Waals surface area contributed by atoms with Crippen LogP contribution in [0.3, 0.4) is 0 Å². The van der Waals surface area contributed by atoms with Gasteiger partial charge in [-0.3, -0.25) is 0 Å². The smallest absolute Gasteiger partial charge is 0.328 e. The molecule has 20 heavy (non-hydrogen) atoms. The topological polar surface area (TPSA) is 59.9 Å². The number of rotatable bonds is 5. The average molecular weight is 358 g/mol. The Bertz CT molecular complexity index is 609. The minimum Gasteiger partial charge on any atom is -0.424 e. The highest BCUT2D eigenvalue weighted by Gasteiger charge is 2.07. The predicted octanol–water partition coefficient (Wildman–Crippen LogP) is 4.21. The Morgan fingerprint density at radius 3 is 2.80 bits per heavy atom. The molecule has 0 spiro atoms. The van der Waals surface area contributed by atoms with Crippen molar-refractivity contribution in [1.29, 1.82) is 0 Å². The fourth-order valence-electron chi connectivity index (χ4n) is 1.48. The molecule has 0 aliphatic carbocycles. The first-order valence-corrected chi connectivity index (χ1v) is 7.35. The fraction of sp³-hybridized carbons (Fsp3) is 0.308. The van der Waals surface area contributed by atoms with Gasteiger partial charge in [0.2, 0.25) is 11.2 Å². The van der Waals surface area contributed by atoms with E-state index in [-0.39, 0.29) is 11.3 Å². The van der Waals surface area contributed by atoms with Crippen molar-refractivity contribution in [2.45, 2.75) is 20.3 Å². The lowest BCUT2D eigenvalue weighted by atomic mass is 10.2. The van der Waals surface area contributed by atoms with E-state index in [1.165, 1.54) is 0 Å². The molecule has 5 nitrogen and oxygen atoms in total. The van der Waals surface area contributed by atoms with Crippen molar-refractivity contribution in [3.8, 4) is 11.8 Å². The largest absolute Gasteiger partial charge is 0.424 e. The summed E-state index contributed by atoms with van der Waals surface area (Å²) in [6, 6.07) is 5.80. The fourth-order valence-corrected chi connectivity index (χ4v) is 1.88. The Hall–Kier alpha value is -1.40. The number of aryl methyl sites for hydroxylation is 1. The molecule has 106 valence electrons. The first-order valence-electron chi connectivity index (χ1n) is 6.18. The Morgan fingerprint density at radius 2 is 2.10 bits per heavy atom. The first kappa shape index (κ1) is 15.0. The second-order valence-corrected chi connectivity index (χ2v) is 5.34. The van der Waals surface area contributed by atoms with E-state index < -0.39 is 0 Å². The highest BCUT2D eigenvalue weighted by molar-refractivity contribution is 9.10. The van der Waals surface area contributed by atoms with Crippen molar-refractivity contribution in [1.82, 2.24) is 15.0 Å². The summed E-state index contributed by atoms with van der Waals surface area (Å²) < 4.78 is 6.63. The van der Waals surface area contributed by atoms with Gasteiger partial charge < -0.3 is 10.1 Å². The molecule has 2 aromatic rings. The molecule has 0 unspecified atom stereocenters. The zero-order chi connectivity index (χ0) is 14.5. The molecule has 2 rings (SSSR count). The molecule has 1 heterocycles. The van der Waals surface area contributed by atoms with Crippen molar-refractivity contribution >= 4 is 33.5 Å². The van der Waals surface area contributed by atoms with Crippen molar-refractivity contribution in [2.75, 3.05) is 11.9 Å². The summed E-state index contributed by atoms with van der Waals surface area (Å²) in [5, 5.41) is 3.15. The molecule has 0 atom stereocenters. The number of halogens is 2. The SMILES string of the molecule is CCCNc1nc(Cl)nc(Oc2ccc(Br)c(C)c2)n1. The van der Waals surface area contributed by atoms with Gasteiger partial charge in [-0.05, 0) is 48.7 Å². The second-order valence-electron chi connectivity index (χ2n) is 4.15. The highest BCUT2D eigenvalue weighted by Crippen LogP contribution is 2.25. The molecule has 1 N–H and O–H groups in total. The highest BCUT2D eigenvalue weighted by atomic mass is 79.9. The minimum absolute atomic E-state index is 0.0995. The Labute approximate surface area is 130 Å². The molecule has 7 heteroatoms. The van der Waals surface area contributed by atoms with E-state index in [1.54, 1.807) is 0 Å². The normalized spacial score (nSPS) is 10.4. The van der Waals surface area contributed by atoms with E-state index in [2.05, 4.69) is 43.1 Å². The lowest BCUT2D eigenvalue weighted by Crippen LogP contribution is -2.06. The van der Waals surface area contributed by atoms with Gasteiger partial charge in [-0.1, -0.05) is 22.9 Å². The number of anilines is 1. The lowest BCUT2D eigenvalue weighted by Gasteiger charge is -2.08. The van der Waals surface area contributed by atoms with Crippen LogP contribution in [0.25, 0.3) is 0 Å². The standard InChI is InChI=1S/C13H14BrClN4O/c1-3-6-16-12-17-11(15)18-13(19-12)20-9-4-5-10(14)8(2)7-9/h4-5,7H,3,6H2,1-2H3,(H,16,17,18,19). The predicted molar refractivity (Wildman–Crippen MR) is 82.6 cm³/mol. The van der Waals surface area contributed by atoms with Crippen LogP contribution in [0.4, 0.5) is 5.95 Å². The quantitative estimate of drug-likeness (QED) is 0.868. The van der Waals surface area contributed by atoms with E-state index in [4.69, 9.17) is 16.3 Å². The van der Waals surface area contributed by atoms with Crippen LogP contribution in [-0.2, 0) is 0 Å². The Morgan fingerprint density at radius 1 is 1.30 bits per heavy atom. The summed E-state index contributed by atoms with van der Waals surface area (Å²) in [5.41, 5.74) is 1.06. The van der Waals surface area contributed by atoms with Crippen LogP contribution in [0.1, 0.15) is 18.9 Å². The van der Waals surface area contributed by atoms with Crippen LogP contribution in [0.2, 0.25) is 5.28 Å². The van der Waals surface area contributed by atoms with E-state index in [1.807, 2.05) is 25.1 Å². The summed E-state index contributed by atoms with van der Waals surface area (Å²) in [6.07, 6.45) is 0.964. The van der Waals surface area contributed by atoms with Gasteiger partial charge in [0, 0.05) is 11.0 Å². The van der Waals surface area contributed by atoms with Gasteiger partial charge >= 0.3 is 6.01 Å². The minimum atomic E-state index is 0.0995. The molecule has 0 aliphatic rings. The number of aromatic nitrogens is 3. The van der Waals surface area contributed by atoms with Gasteiger partial charge in [0.1, 0.15) is 5.75 Å². The molecule has 0 saturated heterocycles. The summed E-state index contributed by atoms with van der Waals surface area (Å²) in [7, 11) is 0. The van der Waals surface area contributed by atoms with E-state index in [9.17, 15) is 0 Å². The average Bonchev–Trinajstić information content (AvgIpc) is 2.40. The molecule has 0 bridgehead atoms. The third-order valence-electron chi connectivity index (χ3n) is 2.46. The van der Waals surface area contributed by atoms with Crippen LogP contribution in [0, 0.1) is 6.92 Å². The summed E-state index contributed by atoms with van der Waals surface area (Å²) in [4.78, 5) is 12.1. The molecule has 0 aliphatic heterocycles. The van der Waals surface area contributed by atoms with Crippen LogP contribution in [0.15, 0.2) is 22.7 Å². The molecule has 1 aromatic carbocycles. The zero-order valence-corrected chi connectivity index (χ0v) is 13.5. The second kappa shape index (κ2) is 6.85. The molecule has 1 aromatic heterocycles. The number of hydrogen-bond donors (Lipinski definition) is 1. The van der Waals surface area contributed by atoms with E-state index in [0.717, 1.165) is 23.0 Å². The van der Waals surface area contributed by atoms with Gasteiger partial charge in [-0.15, -0.1) is 0 Å². The summed E-state index contributed by atoms with van der Waals surface area (Å²) in [6.45, 7) is 4.79. The van der Waals surface area contributed by atoms with Crippen LogP contribution >= 0.6 is 27.5 Å². The molecular formula is C13H14BrClN4O. The maximum absolute atomic E-state index is 5.86. The van der Waals surface area contributed by atoms with Crippen molar-refractivity contribution in [3.05, 3.63) is 33.5 Å². The third-order valence-corrected chi connectivity index (χ3v) is 3.52. The lowest BCUT2D eigenvalue weighted by molar-refractivity contribution is 0.440. The van der Waals surface area contributed by atoms with Crippen molar-refractivity contribution < 1.29 is 4.74 Å². The number of hydrogen-bond acceptors (Lipinski definition) is 5. The molecule has 0 saturated carbocycles. The van der Waals surface area contributed by atoms with Crippen LogP contribution in [0.5, 0.6) is 11.8 Å². The molecule has 0 fully saturated rings. The Balaban J connectivity index is 2.19. The van der Waals surface area contributed by atoms with E-state index in [0.29, 0.717) is 11.7 Å². The van der Waals surface area contributed by atoms with Crippen molar-refractivity contribution in [3.63, 3.8) is 0 Å². The summed E-state index contributed by atoms with van der Waals surface area (Å²) in [5.74, 6) is 1.06. The zero-order valence-electron chi connectivity index (χ0n) is 11.2. The van der Waals surface area contributed by atoms with Gasteiger partial charge in [0.05, 0.1) is 0 Å².